The fourth-order valence-electron chi connectivity index (χ4n) is 5.81. The highest BCUT2D eigenvalue weighted by atomic mass is 31.2. The smallest absolute Gasteiger partial charge is 0.185 e. The number of hydrogen-bond donors (Lipinski definition) is 0. The van der Waals surface area contributed by atoms with Crippen LogP contribution in [-0.2, 0) is 4.57 Å². The molecular weight excluding hydrogens is 511 g/mol. The average molecular weight is 535 g/mol. The van der Waals surface area contributed by atoms with E-state index < -0.39 is 7.14 Å². The standard InChI is InChI=1S/C36H23O3P/c37-40-33-21-17-27(24-10-4-1-5-11-24)22-32(33)39-35-29(26-14-8-3-9-15-26)18-20-31(36(35)40)38-30-19-16-28(23-34(30)40)25-12-6-2-7-13-25/h1-23H. The van der Waals surface area contributed by atoms with Gasteiger partial charge in [0.05, 0.1) is 10.6 Å². The second-order valence-electron chi connectivity index (χ2n) is 10.1. The van der Waals surface area contributed by atoms with E-state index in [0.717, 1.165) is 33.4 Å². The average Bonchev–Trinajstić information content (AvgIpc) is 3.02. The minimum absolute atomic E-state index is 0.579. The van der Waals surface area contributed by atoms with E-state index in [9.17, 15) is 0 Å². The molecule has 3 nitrogen and oxygen atoms in total. The molecule has 6 aromatic carbocycles. The van der Waals surface area contributed by atoms with Gasteiger partial charge in [-0.3, -0.25) is 0 Å². The second-order valence-corrected chi connectivity index (χ2v) is 12.7. The largest absolute Gasteiger partial charge is 0.456 e. The molecule has 6 aromatic rings. The predicted octanol–water partition coefficient (Wildman–Crippen LogP) is 8.54. The van der Waals surface area contributed by atoms with E-state index >= 15 is 4.57 Å². The Morgan fingerprint density at radius 3 is 1.68 bits per heavy atom. The number of ether oxygens (including phenoxy) is 2. The zero-order valence-corrected chi connectivity index (χ0v) is 22.3. The first-order valence-electron chi connectivity index (χ1n) is 13.3. The molecule has 1 unspecified atom stereocenters. The van der Waals surface area contributed by atoms with Gasteiger partial charge in [-0.1, -0.05) is 103 Å². The molecular formula is C36H23O3P. The van der Waals surface area contributed by atoms with Crippen molar-refractivity contribution < 1.29 is 14.0 Å². The summed E-state index contributed by atoms with van der Waals surface area (Å²) in [5, 5.41) is 2.03. The lowest BCUT2D eigenvalue weighted by Crippen LogP contribution is -2.35. The van der Waals surface area contributed by atoms with Gasteiger partial charge in [0.15, 0.2) is 7.14 Å². The SMILES string of the molecule is O=P12c3cc(-c4ccccc4)ccc3Oc3ccc(-c4ccccc4)c(c31)Oc1cc(-c3ccccc3)ccc12. The van der Waals surface area contributed by atoms with Gasteiger partial charge < -0.3 is 14.0 Å². The number of rotatable bonds is 3. The van der Waals surface area contributed by atoms with E-state index in [2.05, 4.69) is 24.3 Å². The van der Waals surface area contributed by atoms with Crippen LogP contribution < -0.4 is 25.4 Å². The van der Waals surface area contributed by atoms with Crippen LogP contribution in [0, 0.1) is 0 Å². The first kappa shape index (κ1) is 23.1. The Hall–Kier alpha value is -4.85. The third-order valence-corrected chi connectivity index (χ3v) is 10.9. The Kier molecular flexibility index (Phi) is 5.10. The van der Waals surface area contributed by atoms with Crippen molar-refractivity contribution in [1.29, 1.82) is 0 Å². The molecule has 4 heteroatoms. The lowest BCUT2D eigenvalue weighted by atomic mass is 10.0. The molecule has 2 aliphatic heterocycles. The summed E-state index contributed by atoms with van der Waals surface area (Å²) in [5.74, 6) is 2.41. The predicted molar refractivity (Wildman–Crippen MR) is 162 cm³/mol. The highest BCUT2D eigenvalue weighted by Gasteiger charge is 2.47. The lowest BCUT2D eigenvalue weighted by Gasteiger charge is -2.36. The monoisotopic (exact) mass is 534 g/mol. The highest BCUT2D eigenvalue weighted by Crippen LogP contribution is 2.60. The fraction of sp³-hybridized carbons (Fsp3) is 0. The van der Waals surface area contributed by atoms with Gasteiger partial charge in [0.25, 0.3) is 0 Å². The Morgan fingerprint density at radius 2 is 1.00 bits per heavy atom. The molecule has 0 saturated carbocycles. The molecule has 40 heavy (non-hydrogen) atoms. The van der Waals surface area contributed by atoms with Crippen LogP contribution in [0.5, 0.6) is 23.0 Å². The van der Waals surface area contributed by atoms with E-state index in [-0.39, 0.29) is 0 Å². The van der Waals surface area contributed by atoms with Crippen molar-refractivity contribution in [2.24, 2.45) is 0 Å². The van der Waals surface area contributed by atoms with Crippen LogP contribution in [0.2, 0.25) is 0 Å². The summed E-state index contributed by atoms with van der Waals surface area (Å²) in [4.78, 5) is 0. The van der Waals surface area contributed by atoms with Crippen LogP contribution >= 0.6 is 7.14 Å². The van der Waals surface area contributed by atoms with Crippen molar-refractivity contribution in [3.8, 4) is 56.4 Å². The molecule has 1 atom stereocenters. The normalized spacial score (nSPS) is 16.1. The number of hydrogen-bond acceptors (Lipinski definition) is 3. The summed E-state index contributed by atoms with van der Waals surface area (Å²) in [6, 6.07) is 46.4. The van der Waals surface area contributed by atoms with E-state index in [0.29, 0.717) is 38.9 Å². The second kappa shape index (κ2) is 8.84. The minimum Gasteiger partial charge on any atom is -0.456 e. The zero-order chi connectivity index (χ0) is 26.7. The van der Waals surface area contributed by atoms with Gasteiger partial charge in [-0.05, 0) is 64.2 Å². The molecule has 8 rings (SSSR count). The van der Waals surface area contributed by atoms with Crippen molar-refractivity contribution in [2.75, 3.05) is 0 Å². The molecule has 2 aliphatic rings. The Morgan fingerprint density at radius 1 is 0.425 bits per heavy atom. The molecule has 0 fully saturated rings. The molecule has 0 bridgehead atoms. The molecule has 2 heterocycles. The summed E-state index contributed by atoms with van der Waals surface area (Å²) in [7, 11) is -3.37. The Balaban J connectivity index is 1.42. The van der Waals surface area contributed by atoms with Crippen molar-refractivity contribution in [1.82, 2.24) is 0 Å². The molecule has 0 radical (unpaired) electrons. The summed E-state index contributed by atoms with van der Waals surface area (Å²) >= 11 is 0. The van der Waals surface area contributed by atoms with Gasteiger partial charge in [0.1, 0.15) is 28.3 Å². The fourth-order valence-corrected chi connectivity index (χ4v) is 8.89. The van der Waals surface area contributed by atoms with E-state index in [1.807, 2.05) is 115 Å². The molecule has 0 aliphatic carbocycles. The molecule has 0 saturated heterocycles. The lowest BCUT2D eigenvalue weighted by molar-refractivity contribution is 0.463. The maximum absolute atomic E-state index is 15.8. The van der Waals surface area contributed by atoms with Gasteiger partial charge in [-0.15, -0.1) is 0 Å². The molecule has 190 valence electrons. The number of benzene rings is 6. The molecule has 0 spiro atoms. The van der Waals surface area contributed by atoms with Crippen molar-refractivity contribution >= 4 is 23.1 Å². The van der Waals surface area contributed by atoms with Gasteiger partial charge >= 0.3 is 0 Å². The third-order valence-electron chi connectivity index (χ3n) is 7.74. The summed E-state index contributed by atoms with van der Waals surface area (Å²) in [5.41, 5.74) is 6.04. The Bertz CT molecular complexity index is 1970. The maximum Gasteiger partial charge on any atom is 0.185 e. The third kappa shape index (κ3) is 3.42. The van der Waals surface area contributed by atoms with Crippen molar-refractivity contribution in [3.63, 3.8) is 0 Å². The van der Waals surface area contributed by atoms with Crippen LogP contribution in [0.3, 0.4) is 0 Å². The molecule has 0 N–H and O–H groups in total. The van der Waals surface area contributed by atoms with Crippen LogP contribution in [0.15, 0.2) is 140 Å². The van der Waals surface area contributed by atoms with Gasteiger partial charge in [0, 0.05) is 5.56 Å². The van der Waals surface area contributed by atoms with Gasteiger partial charge in [-0.25, -0.2) is 0 Å². The first-order chi connectivity index (χ1) is 19.7. The van der Waals surface area contributed by atoms with Crippen LogP contribution in [0.1, 0.15) is 0 Å². The maximum atomic E-state index is 15.8. The van der Waals surface area contributed by atoms with Crippen molar-refractivity contribution in [2.45, 2.75) is 0 Å². The van der Waals surface area contributed by atoms with E-state index in [1.165, 1.54) is 0 Å². The van der Waals surface area contributed by atoms with Crippen LogP contribution in [0.4, 0.5) is 0 Å². The van der Waals surface area contributed by atoms with Crippen LogP contribution in [0.25, 0.3) is 33.4 Å². The van der Waals surface area contributed by atoms with E-state index in [1.54, 1.807) is 0 Å². The quantitative estimate of drug-likeness (QED) is 0.213. The summed E-state index contributed by atoms with van der Waals surface area (Å²) in [6.45, 7) is 0. The zero-order valence-electron chi connectivity index (χ0n) is 21.5. The number of fused-ring (bicyclic) bond motifs is 4. The van der Waals surface area contributed by atoms with Gasteiger partial charge in [0.2, 0.25) is 0 Å². The topological polar surface area (TPSA) is 35.5 Å². The van der Waals surface area contributed by atoms with Crippen molar-refractivity contribution in [3.05, 3.63) is 140 Å². The first-order valence-corrected chi connectivity index (χ1v) is 15.0. The van der Waals surface area contributed by atoms with E-state index in [4.69, 9.17) is 9.47 Å². The highest BCUT2D eigenvalue weighted by molar-refractivity contribution is 7.86. The molecule has 0 amide bonds. The summed E-state index contributed by atoms with van der Waals surface area (Å²) in [6.07, 6.45) is 0. The van der Waals surface area contributed by atoms with Crippen LogP contribution in [-0.4, -0.2) is 0 Å². The Labute approximate surface area is 232 Å². The summed E-state index contributed by atoms with van der Waals surface area (Å²) < 4.78 is 28.9. The molecule has 0 aromatic heterocycles. The van der Waals surface area contributed by atoms with Gasteiger partial charge in [-0.2, -0.15) is 0 Å². The minimum atomic E-state index is -3.37.